The molecule has 5 nitrogen and oxygen atoms in total. The summed E-state index contributed by atoms with van der Waals surface area (Å²) < 4.78 is 11.6. The van der Waals surface area contributed by atoms with E-state index in [0.717, 1.165) is 49.7 Å². The van der Waals surface area contributed by atoms with Gasteiger partial charge in [-0.15, -0.1) is 0 Å². The van der Waals surface area contributed by atoms with E-state index >= 15 is 0 Å². The molecule has 1 aromatic heterocycles. The van der Waals surface area contributed by atoms with E-state index in [9.17, 15) is 5.11 Å². The molecule has 0 amide bonds. The molecule has 3 atom stereocenters. The molecule has 2 N–H and O–H groups in total. The van der Waals surface area contributed by atoms with E-state index in [4.69, 9.17) is 9.26 Å². The number of nitrogens with zero attached hydrogens (tertiary/aromatic N) is 1. The number of aliphatic hydroxyl groups is 1. The standard InChI is InChI=1S/C18H30N2O3/c1-18(2,3)17-9-13(20-23-17)8-14-6-7-15(21)16(22-14)11-19-10-12-4-5-12/h9,12,14-16,19,21H,4-8,10-11H2,1-3H3/t14-,15-,16+/m0/s1. The summed E-state index contributed by atoms with van der Waals surface area (Å²) in [6.07, 6.45) is 4.75. The summed E-state index contributed by atoms with van der Waals surface area (Å²) in [6.45, 7) is 8.14. The normalized spacial score (nSPS) is 29.0. The Morgan fingerprint density at radius 1 is 1.22 bits per heavy atom. The number of nitrogens with one attached hydrogen (secondary N) is 1. The third-order valence-electron chi connectivity index (χ3n) is 4.79. The van der Waals surface area contributed by atoms with Gasteiger partial charge in [0.15, 0.2) is 0 Å². The molecule has 23 heavy (non-hydrogen) atoms. The second-order valence-corrected chi connectivity index (χ2v) is 8.18. The Kier molecular flexibility index (Phi) is 5.09. The zero-order valence-electron chi connectivity index (χ0n) is 14.5. The number of aromatic nitrogens is 1. The van der Waals surface area contributed by atoms with E-state index in [1.807, 2.05) is 6.07 Å². The van der Waals surface area contributed by atoms with Crippen LogP contribution in [0.4, 0.5) is 0 Å². The number of rotatable bonds is 6. The summed E-state index contributed by atoms with van der Waals surface area (Å²) >= 11 is 0. The van der Waals surface area contributed by atoms with Crippen LogP contribution in [0.15, 0.2) is 10.6 Å². The quantitative estimate of drug-likeness (QED) is 0.842. The Morgan fingerprint density at radius 2 is 2.00 bits per heavy atom. The number of ether oxygens (including phenoxy) is 1. The molecule has 2 fully saturated rings. The summed E-state index contributed by atoms with van der Waals surface area (Å²) in [5, 5.41) is 17.8. The smallest absolute Gasteiger partial charge is 0.142 e. The van der Waals surface area contributed by atoms with Crippen LogP contribution >= 0.6 is 0 Å². The lowest BCUT2D eigenvalue weighted by molar-refractivity contribution is -0.114. The second-order valence-electron chi connectivity index (χ2n) is 8.18. The molecule has 0 bridgehead atoms. The highest BCUT2D eigenvalue weighted by molar-refractivity contribution is 5.13. The predicted molar refractivity (Wildman–Crippen MR) is 88.4 cm³/mol. The van der Waals surface area contributed by atoms with Gasteiger partial charge in [-0.1, -0.05) is 25.9 Å². The summed E-state index contributed by atoms with van der Waals surface area (Å²) in [6, 6.07) is 2.04. The Bertz CT molecular complexity index is 505. The largest absolute Gasteiger partial charge is 0.390 e. The number of hydrogen-bond acceptors (Lipinski definition) is 5. The van der Waals surface area contributed by atoms with Crippen molar-refractivity contribution in [1.29, 1.82) is 0 Å². The van der Waals surface area contributed by atoms with Crippen LogP contribution in [-0.4, -0.2) is 41.7 Å². The Labute approximate surface area is 138 Å². The molecule has 130 valence electrons. The lowest BCUT2D eigenvalue weighted by atomic mass is 9.92. The lowest BCUT2D eigenvalue weighted by Gasteiger charge is -2.34. The summed E-state index contributed by atoms with van der Waals surface area (Å²) in [5.74, 6) is 1.75. The minimum absolute atomic E-state index is 0.0237. The van der Waals surface area contributed by atoms with Crippen molar-refractivity contribution in [3.05, 3.63) is 17.5 Å². The monoisotopic (exact) mass is 322 g/mol. The minimum atomic E-state index is -0.361. The van der Waals surface area contributed by atoms with Crippen molar-refractivity contribution in [2.75, 3.05) is 13.1 Å². The maximum Gasteiger partial charge on any atom is 0.142 e. The lowest BCUT2D eigenvalue weighted by Crippen LogP contribution is -2.45. The fraction of sp³-hybridized carbons (Fsp3) is 0.833. The molecule has 2 heterocycles. The van der Waals surface area contributed by atoms with Crippen LogP contribution in [0.1, 0.15) is 57.9 Å². The molecule has 1 aromatic rings. The zero-order valence-corrected chi connectivity index (χ0v) is 14.5. The van der Waals surface area contributed by atoms with E-state index in [1.54, 1.807) is 0 Å². The van der Waals surface area contributed by atoms with Gasteiger partial charge in [0.05, 0.1) is 24.0 Å². The number of aliphatic hydroxyl groups excluding tert-OH is 1. The van der Waals surface area contributed by atoms with Gasteiger partial charge in [0.25, 0.3) is 0 Å². The van der Waals surface area contributed by atoms with E-state index in [0.29, 0.717) is 0 Å². The van der Waals surface area contributed by atoms with Crippen molar-refractivity contribution >= 4 is 0 Å². The van der Waals surface area contributed by atoms with E-state index < -0.39 is 0 Å². The molecular weight excluding hydrogens is 292 g/mol. The van der Waals surface area contributed by atoms with Crippen LogP contribution < -0.4 is 5.32 Å². The molecular formula is C18H30N2O3. The SMILES string of the molecule is CC(C)(C)c1cc(C[C@@H]2CC[C@H](O)[C@@H](CNCC3CC3)O2)no1. The molecule has 0 radical (unpaired) electrons. The summed E-state index contributed by atoms with van der Waals surface area (Å²) in [4.78, 5) is 0. The molecule has 1 aliphatic carbocycles. The first-order valence-corrected chi connectivity index (χ1v) is 8.92. The van der Waals surface area contributed by atoms with Crippen molar-refractivity contribution in [1.82, 2.24) is 10.5 Å². The van der Waals surface area contributed by atoms with Crippen molar-refractivity contribution in [2.45, 2.75) is 76.6 Å². The molecule has 1 saturated carbocycles. The topological polar surface area (TPSA) is 67.5 Å². The Hall–Kier alpha value is -0.910. The van der Waals surface area contributed by atoms with Crippen molar-refractivity contribution < 1.29 is 14.4 Å². The molecule has 0 unspecified atom stereocenters. The van der Waals surface area contributed by atoms with Gasteiger partial charge in [0.2, 0.25) is 0 Å². The predicted octanol–water partition coefficient (Wildman–Crippen LogP) is 2.42. The molecule has 1 aliphatic heterocycles. The maximum absolute atomic E-state index is 10.1. The van der Waals surface area contributed by atoms with Gasteiger partial charge in [-0.2, -0.15) is 0 Å². The molecule has 1 saturated heterocycles. The van der Waals surface area contributed by atoms with Crippen LogP contribution in [0.2, 0.25) is 0 Å². The van der Waals surface area contributed by atoms with Gasteiger partial charge >= 0.3 is 0 Å². The third kappa shape index (κ3) is 4.78. The van der Waals surface area contributed by atoms with E-state index in [-0.39, 0.29) is 23.7 Å². The zero-order chi connectivity index (χ0) is 16.4. The van der Waals surface area contributed by atoms with Crippen LogP contribution in [0.5, 0.6) is 0 Å². The molecule has 3 rings (SSSR count). The van der Waals surface area contributed by atoms with Crippen LogP contribution in [-0.2, 0) is 16.6 Å². The average molecular weight is 322 g/mol. The highest BCUT2D eigenvalue weighted by Gasteiger charge is 2.31. The maximum atomic E-state index is 10.1. The van der Waals surface area contributed by atoms with Crippen LogP contribution in [0.25, 0.3) is 0 Å². The Morgan fingerprint density at radius 3 is 2.65 bits per heavy atom. The van der Waals surface area contributed by atoms with Crippen LogP contribution in [0, 0.1) is 5.92 Å². The van der Waals surface area contributed by atoms with Crippen LogP contribution in [0.3, 0.4) is 0 Å². The van der Waals surface area contributed by atoms with Crippen molar-refractivity contribution in [2.24, 2.45) is 5.92 Å². The van der Waals surface area contributed by atoms with E-state index in [1.165, 1.54) is 12.8 Å². The fourth-order valence-electron chi connectivity index (χ4n) is 3.03. The summed E-state index contributed by atoms with van der Waals surface area (Å²) in [5.41, 5.74) is 0.922. The second kappa shape index (κ2) is 6.91. The third-order valence-corrected chi connectivity index (χ3v) is 4.79. The van der Waals surface area contributed by atoms with Gasteiger partial charge in [-0.05, 0) is 38.1 Å². The number of hydrogen-bond donors (Lipinski definition) is 2. The highest BCUT2D eigenvalue weighted by atomic mass is 16.5. The molecule has 0 aromatic carbocycles. The van der Waals surface area contributed by atoms with Crippen molar-refractivity contribution in [3.63, 3.8) is 0 Å². The highest BCUT2D eigenvalue weighted by Crippen LogP contribution is 2.28. The summed E-state index contributed by atoms with van der Waals surface area (Å²) in [7, 11) is 0. The van der Waals surface area contributed by atoms with Crippen molar-refractivity contribution in [3.8, 4) is 0 Å². The first-order valence-electron chi connectivity index (χ1n) is 8.92. The first-order chi connectivity index (χ1) is 10.9. The Balaban J connectivity index is 1.50. The molecule has 0 spiro atoms. The van der Waals surface area contributed by atoms with E-state index in [2.05, 4.69) is 31.2 Å². The van der Waals surface area contributed by atoms with Gasteiger partial charge in [0.1, 0.15) is 5.76 Å². The van der Waals surface area contributed by atoms with Gasteiger partial charge in [-0.3, -0.25) is 0 Å². The molecule has 2 aliphatic rings. The first kappa shape index (κ1) is 16.9. The van der Waals surface area contributed by atoms with Gasteiger partial charge < -0.3 is 19.7 Å². The average Bonchev–Trinajstić information content (AvgIpc) is 3.17. The molecule has 5 heteroatoms. The fourth-order valence-corrected chi connectivity index (χ4v) is 3.03. The van der Waals surface area contributed by atoms with Gasteiger partial charge in [0, 0.05) is 24.4 Å². The minimum Gasteiger partial charge on any atom is -0.390 e. The van der Waals surface area contributed by atoms with Gasteiger partial charge in [-0.25, -0.2) is 0 Å².